The molecule has 0 saturated carbocycles. The van der Waals surface area contributed by atoms with Gasteiger partial charge in [-0.3, -0.25) is 4.79 Å². The van der Waals surface area contributed by atoms with Crippen molar-refractivity contribution >= 4 is 18.3 Å². The molecule has 6 heteroatoms. The van der Waals surface area contributed by atoms with Gasteiger partial charge in [0, 0.05) is 31.1 Å². The molecular weight excluding hydrogens is 254 g/mol. The predicted octanol–water partition coefficient (Wildman–Crippen LogP) is 1.78. The van der Waals surface area contributed by atoms with E-state index in [1.807, 2.05) is 0 Å². The Balaban J connectivity index is 0.00000162. The summed E-state index contributed by atoms with van der Waals surface area (Å²) >= 11 is 0. The first-order valence-corrected chi connectivity index (χ1v) is 6.13. The smallest absolute Gasteiger partial charge is 0.292 e. The molecule has 0 spiro atoms. The fraction of sp³-hybridized carbons (Fsp3) is 0.667. The number of carbonyl (C=O) groups excluding carboxylic acids is 1. The highest BCUT2D eigenvalue weighted by Gasteiger charge is 2.27. The topological polar surface area (TPSA) is 72.4 Å². The van der Waals surface area contributed by atoms with E-state index in [0.29, 0.717) is 24.8 Å². The van der Waals surface area contributed by atoms with Crippen LogP contribution in [0.5, 0.6) is 0 Å². The van der Waals surface area contributed by atoms with E-state index >= 15 is 0 Å². The van der Waals surface area contributed by atoms with Gasteiger partial charge < -0.3 is 15.2 Å². The van der Waals surface area contributed by atoms with E-state index in [9.17, 15) is 4.79 Å². The molecule has 18 heavy (non-hydrogen) atoms. The zero-order chi connectivity index (χ0) is 12.4. The van der Waals surface area contributed by atoms with E-state index in [0.717, 1.165) is 18.5 Å². The Hall–Kier alpha value is -1.07. The molecule has 0 bridgehead atoms. The van der Waals surface area contributed by atoms with Gasteiger partial charge >= 0.3 is 0 Å². The van der Waals surface area contributed by atoms with Crippen LogP contribution >= 0.6 is 12.4 Å². The molecule has 1 aliphatic heterocycles. The van der Waals surface area contributed by atoms with Crippen LogP contribution in [0.2, 0.25) is 0 Å². The van der Waals surface area contributed by atoms with Crippen molar-refractivity contribution in [3.05, 3.63) is 17.5 Å². The van der Waals surface area contributed by atoms with Crippen molar-refractivity contribution in [2.75, 3.05) is 13.1 Å². The molecule has 1 aromatic rings. The van der Waals surface area contributed by atoms with E-state index in [-0.39, 0.29) is 24.4 Å². The van der Waals surface area contributed by atoms with E-state index in [1.165, 1.54) is 0 Å². The van der Waals surface area contributed by atoms with Gasteiger partial charge in [-0.1, -0.05) is 19.0 Å². The minimum atomic E-state index is -0.0972. The van der Waals surface area contributed by atoms with E-state index in [2.05, 4.69) is 19.0 Å². The number of aromatic nitrogens is 1. The minimum Gasteiger partial charge on any atom is -0.351 e. The van der Waals surface area contributed by atoms with Gasteiger partial charge in [-0.25, -0.2) is 0 Å². The molecular formula is C12H20ClN3O2. The van der Waals surface area contributed by atoms with Gasteiger partial charge in [0.1, 0.15) is 0 Å². The van der Waals surface area contributed by atoms with Gasteiger partial charge in [0.05, 0.1) is 5.69 Å². The highest BCUT2D eigenvalue weighted by molar-refractivity contribution is 5.91. The van der Waals surface area contributed by atoms with Crippen molar-refractivity contribution in [2.24, 2.45) is 5.73 Å². The van der Waals surface area contributed by atoms with Crippen LogP contribution in [0.4, 0.5) is 0 Å². The quantitative estimate of drug-likeness (QED) is 0.911. The molecule has 102 valence electrons. The number of nitrogens with zero attached hydrogens (tertiary/aromatic N) is 2. The summed E-state index contributed by atoms with van der Waals surface area (Å²) in [6.45, 7) is 5.47. The van der Waals surface area contributed by atoms with Crippen LogP contribution in [0.3, 0.4) is 0 Å². The summed E-state index contributed by atoms with van der Waals surface area (Å²) in [6.07, 6.45) is 1.84. The molecule has 2 N–H and O–H groups in total. The van der Waals surface area contributed by atoms with Crippen molar-refractivity contribution < 1.29 is 9.32 Å². The average Bonchev–Trinajstić information content (AvgIpc) is 2.95. The second-order valence-electron chi connectivity index (χ2n) is 4.73. The second kappa shape index (κ2) is 6.20. The number of carbonyl (C=O) groups is 1. The monoisotopic (exact) mass is 273 g/mol. The fourth-order valence-corrected chi connectivity index (χ4v) is 1.96. The Labute approximate surface area is 113 Å². The van der Waals surface area contributed by atoms with Gasteiger partial charge in [-0.15, -0.1) is 12.4 Å². The zero-order valence-electron chi connectivity index (χ0n) is 10.8. The summed E-state index contributed by atoms with van der Waals surface area (Å²) in [5.41, 5.74) is 6.62. The highest BCUT2D eigenvalue weighted by Crippen LogP contribution is 2.20. The van der Waals surface area contributed by atoms with Crippen LogP contribution in [0.1, 0.15) is 48.9 Å². The SMILES string of the molecule is CCC(C)c1cc(C(=O)N2CC[C@H](N)C2)on1.Cl. The third kappa shape index (κ3) is 3.03. The predicted molar refractivity (Wildman–Crippen MR) is 71.0 cm³/mol. The third-order valence-corrected chi connectivity index (χ3v) is 3.37. The first-order chi connectivity index (χ1) is 8.11. The highest BCUT2D eigenvalue weighted by atomic mass is 35.5. The Morgan fingerprint density at radius 2 is 2.44 bits per heavy atom. The second-order valence-corrected chi connectivity index (χ2v) is 4.73. The number of hydrogen-bond acceptors (Lipinski definition) is 4. The lowest BCUT2D eigenvalue weighted by atomic mass is 10.1. The van der Waals surface area contributed by atoms with Gasteiger partial charge in [-0.05, 0) is 12.8 Å². The molecule has 5 nitrogen and oxygen atoms in total. The number of nitrogens with two attached hydrogens (primary N) is 1. The number of hydrogen-bond donors (Lipinski definition) is 1. The van der Waals surface area contributed by atoms with E-state index in [4.69, 9.17) is 10.3 Å². The normalized spacial score (nSPS) is 20.6. The molecule has 2 atom stereocenters. The van der Waals surface area contributed by atoms with Crippen molar-refractivity contribution in [3.8, 4) is 0 Å². The average molecular weight is 274 g/mol. The molecule has 1 saturated heterocycles. The van der Waals surface area contributed by atoms with Gasteiger partial charge in [0.25, 0.3) is 5.91 Å². The Morgan fingerprint density at radius 1 is 1.72 bits per heavy atom. The lowest BCUT2D eigenvalue weighted by Crippen LogP contribution is -2.31. The molecule has 0 aliphatic carbocycles. The van der Waals surface area contributed by atoms with Crippen LogP contribution in [-0.2, 0) is 0 Å². The molecule has 1 aliphatic rings. The lowest BCUT2D eigenvalue weighted by Gasteiger charge is -2.12. The summed E-state index contributed by atoms with van der Waals surface area (Å²) < 4.78 is 5.12. The lowest BCUT2D eigenvalue weighted by molar-refractivity contribution is 0.0749. The zero-order valence-corrected chi connectivity index (χ0v) is 11.6. The summed E-state index contributed by atoms with van der Waals surface area (Å²) in [4.78, 5) is 13.8. The standard InChI is InChI=1S/C12H19N3O2.ClH/c1-3-8(2)10-6-11(17-14-10)12(16)15-5-4-9(13)7-15;/h6,8-9H,3-5,7,13H2,1-2H3;1H/t8?,9-;/m0./s1. The summed E-state index contributed by atoms with van der Waals surface area (Å²) in [6, 6.07) is 1.84. The molecule has 1 fully saturated rings. The summed E-state index contributed by atoms with van der Waals surface area (Å²) in [5.74, 6) is 0.551. The molecule has 2 rings (SSSR count). The Kier molecular flexibility index (Phi) is 5.16. The summed E-state index contributed by atoms with van der Waals surface area (Å²) in [5, 5.41) is 3.94. The summed E-state index contributed by atoms with van der Waals surface area (Å²) in [7, 11) is 0. The number of halogens is 1. The van der Waals surface area contributed by atoms with Crippen molar-refractivity contribution in [3.63, 3.8) is 0 Å². The van der Waals surface area contributed by atoms with Gasteiger partial charge in [-0.2, -0.15) is 0 Å². The largest absolute Gasteiger partial charge is 0.351 e. The molecule has 1 unspecified atom stereocenters. The molecule has 0 radical (unpaired) electrons. The van der Waals surface area contributed by atoms with Gasteiger partial charge in [0.15, 0.2) is 0 Å². The third-order valence-electron chi connectivity index (χ3n) is 3.37. The molecule has 1 aromatic heterocycles. The van der Waals surface area contributed by atoms with Gasteiger partial charge in [0.2, 0.25) is 5.76 Å². The maximum Gasteiger partial charge on any atom is 0.292 e. The number of amides is 1. The molecule has 1 amide bonds. The van der Waals surface area contributed by atoms with E-state index in [1.54, 1.807) is 11.0 Å². The molecule has 2 heterocycles. The van der Waals surface area contributed by atoms with Crippen molar-refractivity contribution in [1.82, 2.24) is 10.1 Å². The van der Waals surface area contributed by atoms with Crippen LogP contribution in [0.25, 0.3) is 0 Å². The molecule has 0 aromatic carbocycles. The Bertz CT molecular complexity index is 408. The number of likely N-dealkylation sites (tertiary alicyclic amines) is 1. The Morgan fingerprint density at radius 3 is 3.00 bits per heavy atom. The van der Waals surface area contributed by atoms with Crippen LogP contribution < -0.4 is 5.73 Å². The fourth-order valence-electron chi connectivity index (χ4n) is 1.96. The maximum absolute atomic E-state index is 12.1. The first kappa shape index (κ1) is 15.0. The van der Waals surface area contributed by atoms with Crippen LogP contribution in [0.15, 0.2) is 10.6 Å². The first-order valence-electron chi connectivity index (χ1n) is 6.13. The van der Waals surface area contributed by atoms with E-state index < -0.39 is 0 Å². The van der Waals surface area contributed by atoms with Crippen LogP contribution in [-0.4, -0.2) is 35.1 Å². The van der Waals surface area contributed by atoms with Crippen molar-refractivity contribution in [1.29, 1.82) is 0 Å². The number of rotatable bonds is 3. The van der Waals surface area contributed by atoms with Crippen molar-refractivity contribution in [2.45, 2.75) is 38.6 Å². The van der Waals surface area contributed by atoms with Crippen LogP contribution in [0, 0.1) is 0 Å². The maximum atomic E-state index is 12.1. The minimum absolute atomic E-state index is 0.